The Hall–Kier alpha value is -13.0. The summed E-state index contributed by atoms with van der Waals surface area (Å²) in [5, 5.41) is 13.9. The van der Waals surface area contributed by atoms with E-state index in [1.165, 1.54) is 21.5 Å². The molecule has 0 N–H and O–H groups in total. The predicted octanol–water partition coefficient (Wildman–Crippen LogP) is 25.7. The molecule has 0 radical (unpaired) electrons. The first-order chi connectivity index (χ1) is 49.3. The van der Waals surface area contributed by atoms with Gasteiger partial charge in [0.05, 0.1) is 49.7 Å². The highest BCUT2D eigenvalue weighted by Crippen LogP contribution is 2.49. The fourth-order valence-corrected chi connectivity index (χ4v) is 16.5. The molecule has 0 saturated heterocycles. The van der Waals surface area contributed by atoms with Crippen LogP contribution in [0, 0.1) is 0 Å². The molecule has 0 unspecified atom stereocenters. The Balaban J connectivity index is 0.855. The number of rotatable bonds is 9. The Kier molecular flexibility index (Phi) is 12.8. The molecule has 0 bridgehead atoms. The van der Waals surface area contributed by atoms with Gasteiger partial charge in [0, 0.05) is 65.8 Å². The molecular weight excluding hydrogens is 1230 g/mol. The average Bonchev–Trinajstić information content (AvgIpc) is 1.54. The lowest BCUT2D eigenvalue weighted by atomic mass is 9.89. The van der Waals surface area contributed by atoms with E-state index in [2.05, 4.69) is 328 Å². The first-order valence-corrected chi connectivity index (χ1v) is 33.9. The van der Waals surface area contributed by atoms with Crippen LogP contribution in [-0.2, 0) is 6.18 Å². The molecule has 7 heteroatoms. The molecule has 0 saturated carbocycles. The number of para-hydroxylation sites is 6. The van der Waals surface area contributed by atoms with Crippen LogP contribution in [0.1, 0.15) is 5.56 Å². The number of nitrogens with zero attached hydrogens (tertiary/aromatic N) is 4. The third-order valence-corrected chi connectivity index (χ3v) is 20.8. The van der Waals surface area contributed by atoms with Crippen molar-refractivity contribution in [3.05, 3.63) is 351 Å². The summed E-state index contributed by atoms with van der Waals surface area (Å²) >= 11 is 0. The van der Waals surface area contributed by atoms with Gasteiger partial charge < -0.3 is 18.3 Å². The van der Waals surface area contributed by atoms with Gasteiger partial charge in [0.2, 0.25) is 0 Å². The SMILES string of the molecule is FC(F)(F)c1ccc(-c2ccc(-c3cc(-c4cc(-n5c6ccccc6c6c(-c7cccc8c7c7ccccc7n8-c7ccccc7)cccc65)cc(-n5c6ccccc6c6c(-c7cccc8c7c7ccccc7n8-c7ccccc7)cccc65)c4)cc4c3ccc3ccccc34)cc2)cc1. The van der Waals surface area contributed by atoms with Gasteiger partial charge in [0.1, 0.15) is 0 Å². The highest BCUT2D eigenvalue weighted by atomic mass is 19.4. The van der Waals surface area contributed by atoms with Crippen LogP contribution in [0.3, 0.4) is 0 Å². The van der Waals surface area contributed by atoms with E-state index in [-0.39, 0.29) is 0 Å². The largest absolute Gasteiger partial charge is 0.416 e. The summed E-state index contributed by atoms with van der Waals surface area (Å²) in [7, 11) is 0. The second kappa shape index (κ2) is 22.3. The number of benzene rings is 16. The second-order valence-corrected chi connectivity index (χ2v) is 26.2. The molecule has 0 spiro atoms. The van der Waals surface area contributed by atoms with Crippen molar-refractivity contribution < 1.29 is 13.2 Å². The van der Waals surface area contributed by atoms with E-state index in [4.69, 9.17) is 0 Å². The summed E-state index contributed by atoms with van der Waals surface area (Å²) in [6.45, 7) is 0. The number of hydrogen-bond acceptors (Lipinski definition) is 0. The smallest absolute Gasteiger partial charge is 0.309 e. The molecule has 0 amide bonds. The first kappa shape index (κ1) is 57.3. The quantitative estimate of drug-likeness (QED) is 0.128. The molecule has 20 rings (SSSR count). The van der Waals surface area contributed by atoms with Gasteiger partial charge in [-0.3, -0.25) is 0 Å². The van der Waals surface area contributed by atoms with E-state index in [1.807, 2.05) is 12.1 Å². The van der Waals surface area contributed by atoms with Crippen molar-refractivity contribution in [3.8, 4) is 78.4 Å². The van der Waals surface area contributed by atoms with E-state index in [0.29, 0.717) is 5.56 Å². The van der Waals surface area contributed by atoms with E-state index in [0.717, 1.165) is 172 Å². The number of aromatic nitrogens is 4. The second-order valence-electron chi connectivity index (χ2n) is 26.2. The average molecular weight is 1290 g/mol. The third kappa shape index (κ3) is 8.81. The summed E-state index contributed by atoms with van der Waals surface area (Å²) in [5.74, 6) is 0. The zero-order chi connectivity index (χ0) is 66.3. The lowest BCUT2D eigenvalue weighted by Gasteiger charge is -2.18. The van der Waals surface area contributed by atoms with Crippen LogP contribution in [0.4, 0.5) is 13.2 Å². The number of halogens is 3. The Labute approximate surface area is 572 Å². The molecule has 0 aliphatic rings. The van der Waals surface area contributed by atoms with Crippen molar-refractivity contribution in [2.45, 2.75) is 6.18 Å². The fourth-order valence-electron chi connectivity index (χ4n) is 16.5. The van der Waals surface area contributed by atoms with Gasteiger partial charge in [0.15, 0.2) is 0 Å². The minimum atomic E-state index is -4.43. The van der Waals surface area contributed by atoms with Crippen molar-refractivity contribution in [3.63, 3.8) is 0 Å². The molecule has 4 heterocycles. The van der Waals surface area contributed by atoms with Crippen LogP contribution < -0.4 is 0 Å². The van der Waals surface area contributed by atoms with Crippen LogP contribution in [-0.4, -0.2) is 18.3 Å². The van der Waals surface area contributed by atoms with Crippen LogP contribution >= 0.6 is 0 Å². The maximum Gasteiger partial charge on any atom is 0.416 e. The van der Waals surface area contributed by atoms with Gasteiger partial charge in [-0.25, -0.2) is 0 Å². The van der Waals surface area contributed by atoms with Crippen molar-refractivity contribution >= 4 is 109 Å². The van der Waals surface area contributed by atoms with Crippen LogP contribution in [0.5, 0.6) is 0 Å². The highest BCUT2D eigenvalue weighted by Gasteiger charge is 2.30. The Morgan fingerprint density at radius 2 is 0.530 bits per heavy atom. The van der Waals surface area contributed by atoms with Gasteiger partial charge in [-0.1, -0.05) is 231 Å². The molecular formula is C93H57F3N4. The summed E-state index contributed by atoms with van der Waals surface area (Å²) in [6, 6.07) is 122. The zero-order valence-corrected chi connectivity index (χ0v) is 53.8. The zero-order valence-electron chi connectivity index (χ0n) is 53.8. The van der Waals surface area contributed by atoms with Gasteiger partial charge in [-0.2, -0.15) is 13.2 Å². The topological polar surface area (TPSA) is 19.7 Å². The van der Waals surface area contributed by atoms with E-state index >= 15 is 0 Å². The molecule has 470 valence electrons. The van der Waals surface area contributed by atoms with Gasteiger partial charge >= 0.3 is 6.18 Å². The number of fused-ring (bicyclic) bond motifs is 15. The number of hydrogen-bond donors (Lipinski definition) is 0. The van der Waals surface area contributed by atoms with Gasteiger partial charge in [-0.05, 0) is 192 Å². The summed E-state index contributed by atoms with van der Waals surface area (Å²) in [4.78, 5) is 0. The molecule has 4 nitrogen and oxygen atoms in total. The Bertz CT molecular complexity index is 6430. The molecule has 100 heavy (non-hydrogen) atoms. The van der Waals surface area contributed by atoms with Crippen molar-refractivity contribution in [2.75, 3.05) is 0 Å². The number of alkyl halides is 3. The molecule has 0 aliphatic heterocycles. The maximum absolute atomic E-state index is 13.8. The molecule has 0 aliphatic carbocycles. The van der Waals surface area contributed by atoms with E-state index < -0.39 is 11.7 Å². The standard InChI is InChI=1S/C93H57F3N4/c94-93(95,96)64-50-47-59(48-51-64)58-43-45-61(46-44-58)79-55-63(56-80-69-26-8-7-21-60(69)49-52-70(79)80)62-53-67(99-83-37-15-11-29-77(83)91-73(33-19-41-87(91)99)71-31-17-39-85-89(71)75-27-9-13-35-81(75)97(85)65-22-3-1-4-23-65)57-68(54-62)100-84-38-16-12-30-78(84)92-74(34-20-42-88(92)100)72-32-18-40-86-90(72)76-28-10-14-36-82(76)98(86)66-24-5-2-6-25-66/h1-57H. The van der Waals surface area contributed by atoms with Gasteiger partial charge in [0.25, 0.3) is 0 Å². The molecule has 0 atom stereocenters. The van der Waals surface area contributed by atoms with Crippen LogP contribution in [0.25, 0.3) is 187 Å². The minimum Gasteiger partial charge on any atom is -0.309 e. The normalized spacial score (nSPS) is 12.2. The maximum atomic E-state index is 13.8. The summed E-state index contributed by atoms with van der Waals surface area (Å²) in [5.41, 5.74) is 22.7. The highest BCUT2D eigenvalue weighted by molar-refractivity contribution is 6.25. The van der Waals surface area contributed by atoms with Crippen molar-refractivity contribution in [1.29, 1.82) is 0 Å². The van der Waals surface area contributed by atoms with Gasteiger partial charge in [-0.15, -0.1) is 0 Å². The van der Waals surface area contributed by atoms with Crippen molar-refractivity contribution in [1.82, 2.24) is 18.3 Å². The monoisotopic (exact) mass is 1290 g/mol. The summed E-state index contributed by atoms with van der Waals surface area (Å²) < 4.78 is 51.1. The third-order valence-electron chi connectivity index (χ3n) is 20.8. The molecule has 20 aromatic rings. The molecule has 0 fully saturated rings. The molecule has 4 aromatic heterocycles. The Morgan fingerprint density at radius 3 is 0.950 bits per heavy atom. The predicted molar refractivity (Wildman–Crippen MR) is 411 cm³/mol. The van der Waals surface area contributed by atoms with Crippen molar-refractivity contribution in [2.24, 2.45) is 0 Å². The van der Waals surface area contributed by atoms with E-state index in [1.54, 1.807) is 12.1 Å². The minimum absolute atomic E-state index is 0.670. The molecule has 16 aromatic carbocycles. The lowest BCUT2D eigenvalue weighted by molar-refractivity contribution is -0.137. The first-order valence-electron chi connectivity index (χ1n) is 33.9. The van der Waals surface area contributed by atoms with Crippen LogP contribution in [0.2, 0.25) is 0 Å². The van der Waals surface area contributed by atoms with E-state index in [9.17, 15) is 13.2 Å². The Morgan fingerprint density at radius 1 is 0.190 bits per heavy atom. The lowest BCUT2D eigenvalue weighted by Crippen LogP contribution is -2.03. The fraction of sp³-hybridized carbons (Fsp3) is 0.0108. The van der Waals surface area contributed by atoms with Crippen LogP contribution in [0.15, 0.2) is 346 Å². The summed E-state index contributed by atoms with van der Waals surface area (Å²) in [6.07, 6.45) is -4.43.